The molecular formula is C7H12F2O2S. The number of rotatable bonds is 3. The summed E-state index contributed by atoms with van der Waals surface area (Å²) in [5.74, 6) is -0.273. The van der Waals surface area contributed by atoms with Crippen molar-refractivity contribution in [2.75, 3.05) is 5.75 Å². The summed E-state index contributed by atoms with van der Waals surface area (Å²) < 4.78 is 44.0. The van der Waals surface area contributed by atoms with E-state index in [2.05, 4.69) is 0 Å². The molecule has 0 aliphatic heterocycles. The second-order valence-electron chi connectivity index (χ2n) is 3.34. The molecule has 0 aromatic heterocycles. The van der Waals surface area contributed by atoms with Gasteiger partial charge in [-0.05, 0) is 12.8 Å². The van der Waals surface area contributed by atoms with Crippen LogP contribution in [0.4, 0.5) is 8.78 Å². The fourth-order valence-corrected chi connectivity index (χ4v) is 2.66. The summed E-state index contributed by atoms with van der Waals surface area (Å²) in [6.07, 6.45) is -0.187. The molecule has 1 fully saturated rings. The van der Waals surface area contributed by atoms with Crippen LogP contribution in [0, 0.1) is 5.41 Å². The fourth-order valence-electron chi connectivity index (χ4n) is 1.75. The van der Waals surface area contributed by atoms with E-state index in [1.807, 2.05) is 0 Å². The summed E-state index contributed by atoms with van der Waals surface area (Å²) in [4.78, 5) is 0. The first-order chi connectivity index (χ1) is 5.57. The maximum absolute atomic E-state index is 12.5. The molecule has 0 aromatic carbocycles. The minimum Gasteiger partial charge on any atom is -0.306 e. The van der Waals surface area contributed by atoms with Crippen molar-refractivity contribution < 1.29 is 17.5 Å². The molecule has 0 spiro atoms. The Labute approximate surface area is 72.6 Å². The molecule has 1 aliphatic rings. The first-order valence-electron chi connectivity index (χ1n) is 3.92. The molecule has 1 rings (SSSR count). The van der Waals surface area contributed by atoms with E-state index in [1.54, 1.807) is 0 Å². The molecule has 5 heteroatoms. The highest BCUT2D eigenvalue weighted by Crippen LogP contribution is 2.43. The number of halogens is 2. The molecule has 1 N–H and O–H groups in total. The minimum atomic E-state index is -2.46. The van der Waals surface area contributed by atoms with Crippen molar-refractivity contribution in [3.05, 3.63) is 0 Å². The maximum atomic E-state index is 12.5. The van der Waals surface area contributed by atoms with E-state index < -0.39 is 22.9 Å². The predicted octanol–water partition coefficient (Wildman–Crippen LogP) is 2.03. The zero-order chi connectivity index (χ0) is 9.19. The van der Waals surface area contributed by atoms with Crippen LogP contribution in [0.25, 0.3) is 0 Å². The van der Waals surface area contributed by atoms with Crippen molar-refractivity contribution in [3.63, 3.8) is 0 Å². The summed E-state index contributed by atoms with van der Waals surface area (Å²) in [5.41, 5.74) is -1.17. The van der Waals surface area contributed by atoms with Gasteiger partial charge in [0.15, 0.2) is 11.1 Å². The molecule has 12 heavy (non-hydrogen) atoms. The van der Waals surface area contributed by atoms with Crippen LogP contribution in [0.2, 0.25) is 0 Å². The van der Waals surface area contributed by atoms with Gasteiger partial charge in [0, 0.05) is 5.41 Å². The lowest BCUT2D eigenvalue weighted by atomic mass is 9.89. The Balaban J connectivity index is 2.65. The van der Waals surface area contributed by atoms with Crippen LogP contribution in [-0.2, 0) is 11.1 Å². The van der Waals surface area contributed by atoms with Gasteiger partial charge in [0.1, 0.15) is 0 Å². The van der Waals surface area contributed by atoms with Crippen molar-refractivity contribution in [1.29, 1.82) is 0 Å². The van der Waals surface area contributed by atoms with Crippen molar-refractivity contribution in [2.24, 2.45) is 5.41 Å². The average Bonchev–Trinajstić information content (AvgIpc) is 2.35. The molecule has 1 unspecified atom stereocenters. The van der Waals surface area contributed by atoms with E-state index >= 15 is 0 Å². The van der Waals surface area contributed by atoms with Crippen molar-refractivity contribution in [2.45, 2.75) is 32.1 Å². The summed E-state index contributed by atoms with van der Waals surface area (Å²) in [6, 6.07) is 0. The molecular weight excluding hydrogens is 186 g/mol. The van der Waals surface area contributed by atoms with Crippen LogP contribution in [0.1, 0.15) is 25.7 Å². The van der Waals surface area contributed by atoms with Crippen LogP contribution in [0.15, 0.2) is 0 Å². The van der Waals surface area contributed by atoms with Gasteiger partial charge in [-0.15, -0.1) is 0 Å². The zero-order valence-electron chi connectivity index (χ0n) is 6.63. The van der Waals surface area contributed by atoms with Gasteiger partial charge in [0.05, 0.1) is 5.75 Å². The average molecular weight is 198 g/mol. The lowest BCUT2D eigenvalue weighted by Crippen LogP contribution is -2.32. The van der Waals surface area contributed by atoms with Gasteiger partial charge in [-0.2, -0.15) is 0 Å². The third-order valence-corrected chi connectivity index (χ3v) is 3.30. The predicted molar refractivity (Wildman–Crippen MR) is 42.5 cm³/mol. The Morgan fingerprint density at radius 3 is 2.25 bits per heavy atom. The Morgan fingerprint density at radius 1 is 1.42 bits per heavy atom. The third-order valence-electron chi connectivity index (χ3n) is 2.47. The standard InChI is InChI=1S/C7H12F2O2S/c8-6(9)7(5-12(10)11)3-1-2-4-7/h6H,1-5H2,(H,10,11). The SMILES string of the molecule is O=S(O)CC1(C(F)F)CCCC1. The second-order valence-corrected chi connectivity index (χ2v) is 4.27. The highest BCUT2D eigenvalue weighted by atomic mass is 32.2. The second kappa shape index (κ2) is 3.79. The van der Waals surface area contributed by atoms with Crippen molar-refractivity contribution in [3.8, 4) is 0 Å². The summed E-state index contributed by atoms with van der Waals surface area (Å²) in [7, 11) is 0. The normalized spacial score (nSPS) is 24.7. The molecule has 2 nitrogen and oxygen atoms in total. The van der Waals surface area contributed by atoms with E-state index in [-0.39, 0.29) is 5.75 Å². The van der Waals surface area contributed by atoms with E-state index in [0.717, 1.165) is 12.8 Å². The minimum absolute atomic E-state index is 0.273. The Morgan fingerprint density at radius 2 is 1.92 bits per heavy atom. The van der Waals surface area contributed by atoms with Gasteiger partial charge >= 0.3 is 0 Å². The van der Waals surface area contributed by atoms with Gasteiger partial charge in [-0.3, -0.25) is 0 Å². The van der Waals surface area contributed by atoms with Crippen LogP contribution >= 0.6 is 0 Å². The van der Waals surface area contributed by atoms with E-state index in [1.165, 1.54) is 0 Å². The zero-order valence-corrected chi connectivity index (χ0v) is 7.45. The fraction of sp³-hybridized carbons (Fsp3) is 1.00. The Hall–Kier alpha value is -0.0300. The van der Waals surface area contributed by atoms with Crippen molar-refractivity contribution in [1.82, 2.24) is 0 Å². The van der Waals surface area contributed by atoms with E-state index in [9.17, 15) is 13.0 Å². The van der Waals surface area contributed by atoms with E-state index in [0.29, 0.717) is 12.8 Å². The molecule has 72 valence electrons. The number of hydrogen-bond acceptors (Lipinski definition) is 1. The van der Waals surface area contributed by atoms with Gasteiger partial charge < -0.3 is 4.55 Å². The molecule has 0 bridgehead atoms. The Kier molecular flexibility index (Phi) is 3.17. The Bertz CT molecular complexity index is 178. The van der Waals surface area contributed by atoms with Crippen LogP contribution < -0.4 is 0 Å². The monoisotopic (exact) mass is 198 g/mol. The molecule has 0 heterocycles. The lowest BCUT2D eigenvalue weighted by molar-refractivity contribution is 0.0140. The first kappa shape index (κ1) is 10.1. The van der Waals surface area contributed by atoms with Crippen LogP contribution in [0.5, 0.6) is 0 Å². The molecule has 0 radical (unpaired) electrons. The molecule has 0 aromatic rings. The number of hydrogen-bond donors (Lipinski definition) is 1. The van der Waals surface area contributed by atoms with Gasteiger partial charge in [0.2, 0.25) is 6.43 Å². The van der Waals surface area contributed by atoms with Gasteiger partial charge in [-0.1, -0.05) is 12.8 Å². The van der Waals surface area contributed by atoms with E-state index in [4.69, 9.17) is 4.55 Å². The molecule has 0 saturated heterocycles. The molecule has 0 amide bonds. The summed E-state index contributed by atoms with van der Waals surface area (Å²) >= 11 is -2.10. The topological polar surface area (TPSA) is 37.3 Å². The molecule has 1 atom stereocenters. The smallest absolute Gasteiger partial charge is 0.245 e. The highest BCUT2D eigenvalue weighted by Gasteiger charge is 2.43. The van der Waals surface area contributed by atoms with Crippen LogP contribution in [0.3, 0.4) is 0 Å². The highest BCUT2D eigenvalue weighted by molar-refractivity contribution is 7.79. The largest absolute Gasteiger partial charge is 0.306 e. The van der Waals surface area contributed by atoms with Gasteiger partial charge in [0.25, 0.3) is 0 Å². The summed E-state index contributed by atoms with van der Waals surface area (Å²) in [6.45, 7) is 0. The maximum Gasteiger partial charge on any atom is 0.245 e. The van der Waals surface area contributed by atoms with Crippen LogP contribution in [-0.4, -0.2) is 20.9 Å². The molecule has 1 saturated carbocycles. The first-order valence-corrected chi connectivity index (χ1v) is 5.20. The molecule has 1 aliphatic carbocycles. The lowest BCUT2D eigenvalue weighted by Gasteiger charge is -2.25. The quantitative estimate of drug-likeness (QED) is 0.704. The van der Waals surface area contributed by atoms with Crippen molar-refractivity contribution >= 4 is 11.1 Å². The van der Waals surface area contributed by atoms with Gasteiger partial charge in [-0.25, -0.2) is 13.0 Å². The summed E-state index contributed by atoms with van der Waals surface area (Å²) in [5, 5.41) is 0. The number of alkyl halides is 2. The third kappa shape index (κ3) is 2.01.